The van der Waals surface area contributed by atoms with Crippen LogP contribution in [0.4, 0.5) is 0 Å². The summed E-state index contributed by atoms with van der Waals surface area (Å²) in [6.45, 7) is 5.39. The maximum atomic E-state index is 5.84. The zero-order valence-corrected chi connectivity index (χ0v) is 11.5. The molecule has 0 spiro atoms. The van der Waals surface area contributed by atoms with Crippen molar-refractivity contribution in [2.24, 2.45) is 11.8 Å². The molecule has 16 heavy (non-hydrogen) atoms. The average molecular weight is 283 g/mol. The minimum atomic E-state index is 0.393. The third-order valence-corrected chi connectivity index (χ3v) is 4.54. The van der Waals surface area contributed by atoms with E-state index in [0.29, 0.717) is 22.8 Å². The van der Waals surface area contributed by atoms with Crippen molar-refractivity contribution in [2.45, 2.75) is 31.2 Å². The SMILES string of the molecule is CC(C)[C@@H]1OCC[C@@H]1[C@@H](Br)c1ccccc1. The number of benzene rings is 1. The first-order valence-corrected chi connectivity index (χ1v) is 6.92. The summed E-state index contributed by atoms with van der Waals surface area (Å²) >= 11 is 3.84. The van der Waals surface area contributed by atoms with Crippen molar-refractivity contribution in [3.05, 3.63) is 35.9 Å². The smallest absolute Gasteiger partial charge is 0.0640 e. The monoisotopic (exact) mass is 282 g/mol. The van der Waals surface area contributed by atoms with E-state index in [4.69, 9.17) is 4.74 Å². The highest BCUT2D eigenvalue weighted by atomic mass is 79.9. The van der Waals surface area contributed by atoms with Crippen molar-refractivity contribution < 1.29 is 4.74 Å². The van der Waals surface area contributed by atoms with Crippen LogP contribution in [0.25, 0.3) is 0 Å². The molecule has 1 fully saturated rings. The third-order valence-electron chi connectivity index (χ3n) is 3.33. The van der Waals surface area contributed by atoms with Crippen LogP contribution < -0.4 is 0 Å². The quantitative estimate of drug-likeness (QED) is 0.756. The average Bonchev–Trinajstić information content (AvgIpc) is 2.78. The Kier molecular flexibility index (Phi) is 4.04. The number of halogens is 1. The second-order valence-electron chi connectivity index (χ2n) is 4.84. The molecule has 0 bridgehead atoms. The van der Waals surface area contributed by atoms with Crippen molar-refractivity contribution >= 4 is 15.9 Å². The Hall–Kier alpha value is -0.340. The number of hydrogen-bond acceptors (Lipinski definition) is 1. The number of alkyl halides is 1. The molecule has 1 heterocycles. The number of rotatable bonds is 3. The molecule has 0 saturated carbocycles. The molecule has 2 heteroatoms. The van der Waals surface area contributed by atoms with Gasteiger partial charge < -0.3 is 4.74 Å². The van der Waals surface area contributed by atoms with Crippen LogP contribution >= 0.6 is 15.9 Å². The lowest BCUT2D eigenvalue weighted by Crippen LogP contribution is -2.25. The van der Waals surface area contributed by atoms with Crippen molar-refractivity contribution in [3.63, 3.8) is 0 Å². The van der Waals surface area contributed by atoms with E-state index in [1.807, 2.05) is 0 Å². The minimum Gasteiger partial charge on any atom is -0.378 e. The van der Waals surface area contributed by atoms with Crippen LogP contribution in [0.3, 0.4) is 0 Å². The second-order valence-corrected chi connectivity index (χ2v) is 5.83. The molecule has 0 unspecified atom stereocenters. The van der Waals surface area contributed by atoms with E-state index in [0.717, 1.165) is 13.0 Å². The summed E-state index contributed by atoms with van der Waals surface area (Å²) in [5.41, 5.74) is 1.36. The summed E-state index contributed by atoms with van der Waals surface area (Å²) in [4.78, 5) is 0.420. The van der Waals surface area contributed by atoms with Gasteiger partial charge in [0.15, 0.2) is 0 Å². The summed E-state index contributed by atoms with van der Waals surface area (Å²) in [7, 11) is 0. The zero-order chi connectivity index (χ0) is 11.5. The lowest BCUT2D eigenvalue weighted by atomic mass is 9.87. The molecule has 1 nitrogen and oxygen atoms in total. The molecular formula is C14H19BrO. The Morgan fingerprint density at radius 2 is 1.94 bits per heavy atom. The van der Waals surface area contributed by atoms with Crippen LogP contribution in [0.5, 0.6) is 0 Å². The van der Waals surface area contributed by atoms with Crippen LogP contribution in [-0.2, 0) is 4.74 Å². The van der Waals surface area contributed by atoms with Gasteiger partial charge in [-0.15, -0.1) is 0 Å². The Bertz CT molecular complexity index is 323. The molecule has 0 N–H and O–H groups in total. The minimum absolute atomic E-state index is 0.393. The molecule has 88 valence electrons. The van der Waals surface area contributed by atoms with E-state index < -0.39 is 0 Å². The molecule has 1 aromatic carbocycles. The first-order valence-electron chi connectivity index (χ1n) is 6.00. The van der Waals surface area contributed by atoms with Crippen LogP contribution in [0.1, 0.15) is 30.7 Å². The topological polar surface area (TPSA) is 9.23 Å². The normalized spacial score (nSPS) is 27.2. The van der Waals surface area contributed by atoms with Gasteiger partial charge in [0.2, 0.25) is 0 Å². The number of hydrogen-bond donors (Lipinski definition) is 0. The predicted octanol–water partition coefficient (Wildman–Crippen LogP) is 4.18. The van der Waals surface area contributed by atoms with Gasteiger partial charge in [0.25, 0.3) is 0 Å². The Labute approximate surface area is 106 Å². The highest BCUT2D eigenvalue weighted by Crippen LogP contribution is 2.41. The number of ether oxygens (including phenoxy) is 1. The van der Waals surface area contributed by atoms with E-state index in [2.05, 4.69) is 60.1 Å². The van der Waals surface area contributed by atoms with Gasteiger partial charge in [-0.25, -0.2) is 0 Å². The van der Waals surface area contributed by atoms with Gasteiger partial charge in [0, 0.05) is 17.4 Å². The Balaban J connectivity index is 2.12. The largest absolute Gasteiger partial charge is 0.378 e. The fraction of sp³-hybridized carbons (Fsp3) is 0.571. The molecule has 1 aromatic rings. The van der Waals surface area contributed by atoms with Gasteiger partial charge in [0.1, 0.15) is 0 Å². The van der Waals surface area contributed by atoms with Gasteiger partial charge in [-0.1, -0.05) is 60.1 Å². The van der Waals surface area contributed by atoms with Crippen LogP contribution in [0.2, 0.25) is 0 Å². The van der Waals surface area contributed by atoms with E-state index in [1.165, 1.54) is 5.56 Å². The van der Waals surface area contributed by atoms with Gasteiger partial charge in [-0.05, 0) is 17.9 Å². The van der Waals surface area contributed by atoms with Gasteiger partial charge in [0.05, 0.1) is 6.10 Å². The molecule has 1 saturated heterocycles. The van der Waals surface area contributed by atoms with Crippen molar-refractivity contribution in [3.8, 4) is 0 Å². The fourth-order valence-corrected chi connectivity index (χ4v) is 3.38. The maximum Gasteiger partial charge on any atom is 0.0640 e. The summed E-state index contributed by atoms with van der Waals surface area (Å²) in [5.74, 6) is 1.19. The zero-order valence-electron chi connectivity index (χ0n) is 9.90. The standard InChI is InChI=1S/C14H19BrO/c1-10(2)14-12(8-9-16-14)13(15)11-6-4-3-5-7-11/h3-7,10,12-14H,8-9H2,1-2H3/t12-,13+,14+/m1/s1. The molecule has 0 radical (unpaired) electrons. The summed E-state index contributed by atoms with van der Waals surface area (Å²) in [6, 6.07) is 10.6. The van der Waals surface area contributed by atoms with Gasteiger partial charge in [-0.2, -0.15) is 0 Å². The van der Waals surface area contributed by atoms with Gasteiger partial charge >= 0.3 is 0 Å². The van der Waals surface area contributed by atoms with E-state index in [1.54, 1.807) is 0 Å². The van der Waals surface area contributed by atoms with E-state index in [-0.39, 0.29) is 0 Å². The molecule has 0 amide bonds. The molecule has 0 aliphatic carbocycles. The molecule has 3 atom stereocenters. The molecule has 1 aliphatic rings. The third kappa shape index (κ3) is 2.49. The van der Waals surface area contributed by atoms with Crippen LogP contribution in [0, 0.1) is 11.8 Å². The Morgan fingerprint density at radius 3 is 2.56 bits per heavy atom. The highest BCUT2D eigenvalue weighted by molar-refractivity contribution is 9.09. The van der Waals surface area contributed by atoms with E-state index >= 15 is 0 Å². The molecule has 0 aromatic heterocycles. The molecule has 2 rings (SSSR count). The van der Waals surface area contributed by atoms with Crippen molar-refractivity contribution in [1.29, 1.82) is 0 Å². The lowest BCUT2D eigenvalue weighted by Gasteiger charge is -2.26. The van der Waals surface area contributed by atoms with Gasteiger partial charge in [-0.3, -0.25) is 0 Å². The Morgan fingerprint density at radius 1 is 1.25 bits per heavy atom. The lowest BCUT2D eigenvalue weighted by molar-refractivity contribution is 0.0538. The van der Waals surface area contributed by atoms with Crippen LogP contribution in [0.15, 0.2) is 30.3 Å². The van der Waals surface area contributed by atoms with Crippen molar-refractivity contribution in [1.82, 2.24) is 0 Å². The molecular weight excluding hydrogens is 264 g/mol. The first kappa shape index (κ1) is 12.1. The second kappa shape index (κ2) is 5.33. The summed E-state index contributed by atoms with van der Waals surface area (Å²) in [6.07, 6.45) is 1.55. The fourth-order valence-electron chi connectivity index (χ4n) is 2.51. The summed E-state index contributed by atoms with van der Waals surface area (Å²) in [5, 5.41) is 0. The predicted molar refractivity (Wildman–Crippen MR) is 70.8 cm³/mol. The van der Waals surface area contributed by atoms with E-state index in [9.17, 15) is 0 Å². The van der Waals surface area contributed by atoms with Crippen molar-refractivity contribution in [2.75, 3.05) is 6.61 Å². The highest BCUT2D eigenvalue weighted by Gasteiger charge is 2.35. The maximum absolute atomic E-state index is 5.84. The summed E-state index contributed by atoms with van der Waals surface area (Å²) < 4.78 is 5.84. The van der Waals surface area contributed by atoms with Crippen LogP contribution in [-0.4, -0.2) is 12.7 Å². The molecule has 1 aliphatic heterocycles. The first-order chi connectivity index (χ1) is 7.70.